The van der Waals surface area contributed by atoms with Crippen LogP contribution in [0, 0.1) is 6.92 Å². The molecule has 2 aromatic rings. The van der Waals surface area contributed by atoms with Gasteiger partial charge in [-0.1, -0.05) is 6.92 Å². The third-order valence-corrected chi connectivity index (χ3v) is 6.12. The van der Waals surface area contributed by atoms with E-state index in [4.69, 9.17) is 4.74 Å². The molecule has 0 atom stereocenters. The minimum absolute atomic E-state index is 0.0960. The summed E-state index contributed by atoms with van der Waals surface area (Å²) in [5.74, 6) is 1.75. The van der Waals surface area contributed by atoms with E-state index in [-0.39, 0.29) is 24.0 Å². The number of hydrogen-bond donors (Lipinski definition) is 2. The molecular weight excluding hydrogens is 406 g/mol. The number of carbonyl (C=O) groups excluding carboxylic acids is 1. The summed E-state index contributed by atoms with van der Waals surface area (Å²) in [5.41, 5.74) is 0.553. The van der Waals surface area contributed by atoms with E-state index in [1.54, 1.807) is 25.1 Å². The number of anilines is 2. The Morgan fingerprint density at radius 3 is 2.53 bits per heavy atom. The predicted molar refractivity (Wildman–Crippen MR) is 114 cm³/mol. The van der Waals surface area contributed by atoms with Gasteiger partial charge in [0.05, 0.1) is 4.90 Å². The zero-order valence-corrected chi connectivity index (χ0v) is 18.0. The third-order valence-electron chi connectivity index (χ3n) is 4.64. The Morgan fingerprint density at radius 1 is 1.17 bits per heavy atom. The Kier molecular flexibility index (Phi) is 7.22. The number of nitrogens with one attached hydrogen (secondary N) is 2. The molecule has 0 radical (unpaired) electrons. The molecule has 1 amide bonds. The highest BCUT2D eigenvalue weighted by atomic mass is 32.2. The summed E-state index contributed by atoms with van der Waals surface area (Å²) in [7, 11) is -3.68. The molecular formula is C20H27N5O4S. The van der Waals surface area contributed by atoms with Crippen molar-refractivity contribution in [1.29, 1.82) is 0 Å². The summed E-state index contributed by atoms with van der Waals surface area (Å²) in [6, 6.07) is 7.80. The maximum atomic E-state index is 12.4. The van der Waals surface area contributed by atoms with E-state index >= 15 is 0 Å². The van der Waals surface area contributed by atoms with Crippen LogP contribution < -0.4 is 19.7 Å². The number of carbonyl (C=O) groups is 1. The lowest BCUT2D eigenvalue weighted by Crippen LogP contribution is -2.28. The first-order valence-electron chi connectivity index (χ1n) is 10.0. The molecule has 0 aliphatic carbocycles. The van der Waals surface area contributed by atoms with Crippen LogP contribution in [-0.2, 0) is 14.8 Å². The van der Waals surface area contributed by atoms with Crippen LogP contribution in [-0.4, -0.2) is 50.5 Å². The minimum Gasteiger partial charge on any atom is -0.476 e. The fraction of sp³-hybridized carbons (Fsp3) is 0.450. The van der Waals surface area contributed by atoms with Gasteiger partial charge in [-0.2, -0.15) is 4.98 Å². The maximum absolute atomic E-state index is 12.4. The van der Waals surface area contributed by atoms with E-state index in [2.05, 4.69) is 24.9 Å². The van der Waals surface area contributed by atoms with E-state index < -0.39 is 10.0 Å². The lowest BCUT2D eigenvalue weighted by Gasteiger charge is -2.17. The van der Waals surface area contributed by atoms with Gasteiger partial charge in [-0.3, -0.25) is 4.79 Å². The average molecular weight is 434 g/mol. The third kappa shape index (κ3) is 5.90. The van der Waals surface area contributed by atoms with E-state index in [0.29, 0.717) is 23.8 Å². The zero-order chi connectivity index (χ0) is 21.6. The summed E-state index contributed by atoms with van der Waals surface area (Å²) < 4.78 is 33.0. The molecule has 1 aliphatic rings. The Labute approximate surface area is 176 Å². The number of rotatable bonds is 9. The molecule has 1 aromatic heterocycles. The molecule has 1 aliphatic heterocycles. The number of sulfonamides is 1. The van der Waals surface area contributed by atoms with Gasteiger partial charge in [0.1, 0.15) is 18.2 Å². The van der Waals surface area contributed by atoms with E-state index in [0.717, 1.165) is 31.7 Å². The normalized spacial score (nSPS) is 14.0. The summed E-state index contributed by atoms with van der Waals surface area (Å²) in [6.07, 6.45) is 2.65. The maximum Gasteiger partial charge on any atom is 0.240 e. The van der Waals surface area contributed by atoms with Gasteiger partial charge in [0.25, 0.3) is 0 Å². The summed E-state index contributed by atoms with van der Waals surface area (Å²) in [4.78, 5) is 22.4. The van der Waals surface area contributed by atoms with Crippen molar-refractivity contribution in [3.05, 3.63) is 36.2 Å². The summed E-state index contributed by atoms with van der Waals surface area (Å²) in [6.45, 7) is 5.73. The minimum atomic E-state index is -3.68. The molecule has 1 saturated heterocycles. The smallest absolute Gasteiger partial charge is 0.240 e. The van der Waals surface area contributed by atoms with Crippen molar-refractivity contribution in [2.24, 2.45) is 0 Å². The first kappa shape index (κ1) is 22.0. The second-order valence-corrected chi connectivity index (χ2v) is 8.75. The highest BCUT2D eigenvalue weighted by Gasteiger charge is 2.16. The van der Waals surface area contributed by atoms with Gasteiger partial charge in [-0.15, -0.1) is 0 Å². The van der Waals surface area contributed by atoms with Gasteiger partial charge in [-0.25, -0.2) is 18.1 Å². The zero-order valence-electron chi connectivity index (χ0n) is 17.2. The number of aryl methyl sites for hydroxylation is 1. The van der Waals surface area contributed by atoms with Gasteiger partial charge < -0.3 is 15.0 Å². The Morgan fingerprint density at radius 2 is 1.87 bits per heavy atom. The first-order valence-corrected chi connectivity index (χ1v) is 11.5. The van der Waals surface area contributed by atoms with E-state index in [9.17, 15) is 13.2 Å². The van der Waals surface area contributed by atoms with E-state index in [1.807, 2.05) is 6.92 Å². The predicted octanol–water partition coefficient (Wildman–Crippen LogP) is 2.09. The molecule has 0 saturated carbocycles. The Bertz CT molecular complexity index is 973. The molecule has 1 fully saturated rings. The fourth-order valence-electron chi connectivity index (χ4n) is 3.09. The lowest BCUT2D eigenvalue weighted by atomic mass is 10.3. The van der Waals surface area contributed by atoms with Crippen LogP contribution in [0.4, 0.5) is 11.5 Å². The molecule has 162 valence electrons. The largest absolute Gasteiger partial charge is 0.476 e. The van der Waals surface area contributed by atoms with Gasteiger partial charge in [0.15, 0.2) is 0 Å². The lowest BCUT2D eigenvalue weighted by molar-refractivity contribution is -0.115. The Balaban J connectivity index is 1.52. The molecule has 0 unspecified atom stereocenters. The van der Waals surface area contributed by atoms with Crippen molar-refractivity contribution in [3.8, 4) is 5.88 Å². The molecule has 30 heavy (non-hydrogen) atoms. The number of aromatic nitrogens is 2. The molecule has 2 N–H and O–H groups in total. The van der Waals surface area contributed by atoms with Gasteiger partial charge in [0.2, 0.25) is 21.8 Å². The molecule has 10 heteroatoms. The number of amides is 1. The standard InChI is InChI=1S/C20H27N5O4S/c1-3-19(26)24-16-6-8-17(9-7-16)30(27,28)21-10-13-29-20-14-18(22-15(2)23-20)25-11-4-5-12-25/h6-9,14,21H,3-5,10-13H2,1-2H3,(H,24,26). The van der Waals surface area contributed by atoms with Crippen molar-refractivity contribution >= 4 is 27.4 Å². The van der Waals surface area contributed by atoms with Crippen LogP contribution >= 0.6 is 0 Å². The van der Waals surface area contributed by atoms with Crippen LogP contribution in [0.2, 0.25) is 0 Å². The van der Waals surface area contributed by atoms with Crippen molar-refractivity contribution < 1.29 is 17.9 Å². The van der Waals surface area contributed by atoms with E-state index in [1.165, 1.54) is 12.1 Å². The topological polar surface area (TPSA) is 114 Å². The van der Waals surface area contributed by atoms with Crippen molar-refractivity contribution in [2.45, 2.75) is 38.0 Å². The summed E-state index contributed by atoms with van der Waals surface area (Å²) in [5, 5.41) is 2.68. The van der Waals surface area contributed by atoms with Gasteiger partial charge >= 0.3 is 0 Å². The number of benzene rings is 1. The van der Waals surface area contributed by atoms with Crippen molar-refractivity contribution in [3.63, 3.8) is 0 Å². The molecule has 9 nitrogen and oxygen atoms in total. The van der Waals surface area contributed by atoms with Crippen LogP contribution in [0.5, 0.6) is 5.88 Å². The quantitative estimate of drug-likeness (QED) is 0.582. The second kappa shape index (κ2) is 9.86. The highest BCUT2D eigenvalue weighted by Crippen LogP contribution is 2.21. The number of hydrogen-bond acceptors (Lipinski definition) is 7. The monoisotopic (exact) mass is 433 g/mol. The number of ether oxygens (including phenoxy) is 1. The molecule has 3 rings (SSSR count). The van der Waals surface area contributed by atoms with Crippen molar-refractivity contribution in [2.75, 3.05) is 36.5 Å². The number of nitrogens with zero attached hydrogens (tertiary/aromatic N) is 3. The van der Waals surface area contributed by atoms with Crippen LogP contribution in [0.25, 0.3) is 0 Å². The van der Waals surface area contributed by atoms with Crippen LogP contribution in [0.1, 0.15) is 32.0 Å². The highest BCUT2D eigenvalue weighted by molar-refractivity contribution is 7.89. The van der Waals surface area contributed by atoms with Crippen molar-refractivity contribution in [1.82, 2.24) is 14.7 Å². The first-order chi connectivity index (χ1) is 14.4. The molecule has 0 spiro atoms. The Hall–Kier alpha value is -2.72. The van der Waals surface area contributed by atoms with Crippen LogP contribution in [0.3, 0.4) is 0 Å². The molecule has 2 heterocycles. The second-order valence-electron chi connectivity index (χ2n) is 6.98. The SMILES string of the molecule is CCC(=O)Nc1ccc(S(=O)(=O)NCCOc2cc(N3CCCC3)nc(C)n2)cc1. The van der Waals surface area contributed by atoms with Crippen LogP contribution in [0.15, 0.2) is 35.2 Å². The van der Waals surface area contributed by atoms with Gasteiger partial charge in [-0.05, 0) is 44.0 Å². The summed E-state index contributed by atoms with van der Waals surface area (Å²) >= 11 is 0. The average Bonchev–Trinajstić information content (AvgIpc) is 3.26. The molecule has 1 aromatic carbocycles. The fourth-order valence-corrected chi connectivity index (χ4v) is 4.10. The van der Waals surface area contributed by atoms with Gasteiger partial charge in [0, 0.05) is 37.8 Å². The molecule has 0 bridgehead atoms.